The molecule has 0 spiro atoms. The Morgan fingerprint density at radius 1 is 1.19 bits per heavy atom. The number of fused-ring (bicyclic) bond motifs is 1. The van der Waals surface area contributed by atoms with Crippen LogP contribution in [0.2, 0.25) is 5.02 Å². The van der Waals surface area contributed by atoms with Gasteiger partial charge in [0.05, 0.1) is 28.6 Å². The van der Waals surface area contributed by atoms with E-state index >= 15 is 0 Å². The lowest BCUT2D eigenvalue weighted by Gasteiger charge is -2.18. The Labute approximate surface area is 213 Å². The third-order valence-electron chi connectivity index (χ3n) is 5.76. The lowest BCUT2D eigenvalue weighted by molar-refractivity contribution is -0.384. The summed E-state index contributed by atoms with van der Waals surface area (Å²) in [5, 5.41) is 16.1. The summed E-state index contributed by atoms with van der Waals surface area (Å²) in [5.74, 6) is 1.32. The summed E-state index contributed by atoms with van der Waals surface area (Å²) in [5.41, 5.74) is 2.97. The molecule has 0 aliphatic heterocycles. The van der Waals surface area contributed by atoms with Crippen LogP contribution in [-0.4, -0.2) is 27.4 Å². The van der Waals surface area contributed by atoms with Crippen molar-refractivity contribution in [2.24, 2.45) is 5.10 Å². The van der Waals surface area contributed by atoms with Crippen molar-refractivity contribution in [3.05, 3.63) is 96.8 Å². The van der Waals surface area contributed by atoms with Crippen LogP contribution in [0.3, 0.4) is 0 Å². The minimum absolute atomic E-state index is 0.0219. The van der Waals surface area contributed by atoms with Gasteiger partial charge in [0.15, 0.2) is 5.82 Å². The summed E-state index contributed by atoms with van der Waals surface area (Å²) >= 11 is 5.94. The number of nitro groups is 1. The third kappa shape index (κ3) is 4.85. The molecular weight excluding hydrogens is 480 g/mol. The molecule has 1 aromatic heterocycles. The van der Waals surface area contributed by atoms with Gasteiger partial charge in [0, 0.05) is 17.2 Å². The number of halogens is 1. The lowest BCUT2D eigenvalue weighted by atomic mass is 9.96. The molecule has 0 bridgehead atoms. The Kier molecular flexibility index (Phi) is 7.17. The topological polar surface area (TPSA) is 99.6 Å². The first kappa shape index (κ1) is 25.1. The third-order valence-corrected chi connectivity index (χ3v) is 6.08. The van der Waals surface area contributed by atoms with E-state index in [9.17, 15) is 14.9 Å². The van der Waals surface area contributed by atoms with Crippen molar-refractivity contribution in [1.82, 2.24) is 9.66 Å². The Morgan fingerprint density at radius 2 is 1.94 bits per heavy atom. The maximum absolute atomic E-state index is 13.5. The van der Waals surface area contributed by atoms with Crippen LogP contribution < -0.4 is 10.3 Å². The molecule has 184 valence electrons. The first-order valence-electron chi connectivity index (χ1n) is 11.5. The fourth-order valence-corrected chi connectivity index (χ4v) is 4.14. The Balaban J connectivity index is 1.96. The summed E-state index contributed by atoms with van der Waals surface area (Å²) in [6.45, 7) is 8.55. The van der Waals surface area contributed by atoms with Crippen molar-refractivity contribution in [3.8, 4) is 17.1 Å². The van der Waals surface area contributed by atoms with E-state index in [2.05, 4.69) is 18.9 Å². The van der Waals surface area contributed by atoms with Gasteiger partial charge in [-0.1, -0.05) is 43.6 Å². The van der Waals surface area contributed by atoms with Crippen molar-refractivity contribution in [1.29, 1.82) is 0 Å². The van der Waals surface area contributed by atoms with E-state index in [1.165, 1.54) is 23.0 Å². The van der Waals surface area contributed by atoms with E-state index in [1.54, 1.807) is 24.3 Å². The van der Waals surface area contributed by atoms with E-state index in [4.69, 9.17) is 21.3 Å². The number of nitrogens with zero attached hydrogens (tertiary/aromatic N) is 4. The SMILES string of the molecule is CCOc1cc(C)c(-c2nc3ccccc3c(=O)n2N=Cc2ccc(Cl)c([N+](=O)[O-])c2)cc1C(C)C. The number of benzene rings is 3. The lowest BCUT2D eigenvalue weighted by Crippen LogP contribution is -2.21. The van der Waals surface area contributed by atoms with Gasteiger partial charge in [0.2, 0.25) is 0 Å². The number of rotatable bonds is 7. The van der Waals surface area contributed by atoms with E-state index in [-0.39, 0.29) is 22.2 Å². The van der Waals surface area contributed by atoms with Crippen LogP contribution in [0.25, 0.3) is 22.3 Å². The highest BCUT2D eigenvalue weighted by Crippen LogP contribution is 2.34. The van der Waals surface area contributed by atoms with Gasteiger partial charge < -0.3 is 4.74 Å². The predicted molar refractivity (Wildman–Crippen MR) is 143 cm³/mol. The summed E-state index contributed by atoms with van der Waals surface area (Å²) in [7, 11) is 0. The van der Waals surface area contributed by atoms with Crippen LogP contribution in [0.15, 0.2) is 64.5 Å². The second-order valence-corrected chi connectivity index (χ2v) is 8.98. The van der Waals surface area contributed by atoms with Gasteiger partial charge in [0.25, 0.3) is 11.2 Å². The van der Waals surface area contributed by atoms with Crippen molar-refractivity contribution in [2.75, 3.05) is 6.61 Å². The van der Waals surface area contributed by atoms with E-state index in [1.807, 2.05) is 32.0 Å². The molecule has 8 nitrogen and oxygen atoms in total. The molecule has 0 aliphatic rings. The Hall–Kier alpha value is -4.04. The molecule has 0 fully saturated rings. The minimum atomic E-state index is -0.564. The normalized spacial score (nSPS) is 11.5. The zero-order valence-corrected chi connectivity index (χ0v) is 21.1. The monoisotopic (exact) mass is 504 g/mol. The fraction of sp³-hybridized carbons (Fsp3) is 0.222. The molecule has 0 aliphatic carbocycles. The Morgan fingerprint density at radius 3 is 2.64 bits per heavy atom. The molecule has 3 aromatic carbocycles. The van der Waals surface area contributed by atoms with E-state index < -0.39 is 4.92 Å². The molecule has 0 radical (unpaired) electrons. The number of para-hydroxylation sites is 1. The molecule has 4 rings (SSSR count). The summed E-state index contributed by atoms with van der Waals surface area (Å²) in [4.78, 5) is 29.0. The average Bonchev–Trinajstić information content (AvgIpc) is 2.84. The summed E-state index contributed by atoms with van der Waals surface area (Å²) < 4.78 is 7.09. The molecule has 0 saturated heterocycles. The second-order valence-electron chi connectivity index (χ2n) is 8.57. The fourth-order valence-electron chi connectivity index (χ4n) is 3.95. The molecule has 0 saturated carbocycles. The number of nitro benzene ring substituents is 1. The van der Waals surface area contributed by atoms with E-state index in [0.29, 0.717) is 28.9 Å². The smallest absolute Gasteiger partial charge is 0.288 e. The quantitative estimate of drug-likeness (QED) is 0.166. The largest absolute Gasteiger partial charge is 0.494 e. The molecule has 4 aromatic rings. The van der Waals surface area contributed by atoms with Crippen LogP contribution in [-0.2, 0) is 0 Å². The van der Waals surface area contributed by atoms with Gasteiger partial charge >= 0.3 is 0 Å². The molecule has 0 N–H and O–H groups in total. The van der Waals surface area contributed by atoms with Gasteiger partial charge in [-0.3, -0.25) is 14.9 Å². The van der Waals surface area contributed by atoms with Crippen molar-refractivity contribution in [3.63, 3.8) is 0 Å². The standard InChI is InChI=1S/C27H25ClN4O4/c1-5-36-25-12-17(4)21(14-20(25)16(2)3)26-30-23-9-7-6-8-19(23)27(33)31(26)29-15-18-10-11-22(28)24(13-18)32(34)35/h6-16H,5H2,1-4H3. The molecular formula is C27H25ClN4O4. The highest BCUT2D eigenvalue weighted by atomic mass is 35.5. The average molecular weight is 505 g/mol. The zero-order chi connectivity index (χ0) is 26.0. The van der Waals surface area contributed by atoms with Crippen molar-refractivity contribution >= 4 is 34.4 Å². The highest BCUT2D eigenvalue weighted by molar-refractivity contribution is 6.32. The summed E-state index contributed by atoms with van der Waals surface area (Å²) in [6, 6.07) is 15.3. The minimum Gasteiger partial charge on any atom is -0.494 e. The molecule has 36 heavy (non-hydrogen) atoms. The van der Waals surface area contributed by atoms with Crippen molar-refractivity contribution < 1.29 is 9.66 Å². The number of hydrogen-bond donors (Lipinski definition) is 0. The number of hydrogen-bond acceptors (Lipinski definition) is 6. The van der Waals surface area contributed by atoms with E-state index in [0.717, 1.165) is 22.4 Å². The van der Waals surface area contributed by atoms with Gasteiger partial charge in [-0.05, 0) is 61.2 Å². The van der Waals surface area contributed by atoms with Gasteiger partial charge in [-0.2, -0.15) is 9.78 Å². The first-order chi connectivity index (χ1) is 17.2. The molecule has 0 atom stereocenters. The van der Waals surface area contributed by atoms with Gasteiger partial charge in [0.1, 0.15) is 10.8 Å². The maximum Gasteiger partial charge on any atom is 0.288 e. The summed E-state index contributed by atoms with van der Waals surface area (Å²) in [6.07, 6.45) is 1.39. The molecule has 0 amide bonds. The Bertz CT molecular complexity index is 1560. The second kappa shape index (κ2) is 10.3. The number of ether oxygens (including phenoxy) is 1. The molecule has 0 unspecified atom stereocenters. The molecule has 1 heterocycles. The zero-order valence-electron chi connectivity index (χ0n) is 20.4. The van der Waals surface area contributed by atoms with Crippen LogP contribution in [0, 0.1) is 17.0 Å². The maximum atomic E-state index is 13.5. The first-order valence-corrected chi connectivity index (χ1v) is 11.9. The molecule has 9 heteroatoms. The van der Waals surface area contributed by atoms with Gasteiger partial charge in [-0.25, -0.2) is 4.98 Å². The van der Waals surface area contributed by atoms with Crippen LogP contribution >= 0.6 is 11.6 Å². The number of aromatic nitrogens is 2. The van der Waals surface area contributed by atoms with Crippen LogP contribution in [0.5, 0.6) is 5.75 Å². The number of aryl methyl sites for hydroxylation is 1. The van der Waals surface area contributed by atoms with Crippen molar-refractivity contribution in [2.45, 2.75) is 33.6 Å². The highest BCUT2D eigenvalue weighted by Gasteiger charge is 2.19. The predicted octanol–water partition coefficient (Wildman–Crippen LogP) is 6.34. The van der Waals surface area contributed by atoms with Crippen LogP contribution in [0.4, 0.5) is 5.69 Å². The van der Waals surface area contributed by atoms with Gasteiger partial charge in [-0.15, -0.1) is 0 Å². The van der Waals surface area contributed by atoms with Crippen LogP contribution in [0.1, 0.15) is 43.4 Å².